The van der Waals surface area contributed by atoms with Crippen molar-refractivity contribution in [3.05, 3.63) is 105 Å². The average Bonchev–Trinajstić information content (AvgIpc) is 3.43. The van der Waals surface area contributed by atoms with E-state index < -0.39 is 35.0 Å². The number of hydrogen-bond acceptors (Lipinski definition) is 6. The van der Waals surface area contributed by atoms with Gasteiger partial charge in [-0.1, -0.05) is 54.9 Å². The van der Waals surface area contributed by atoms with Crippen molar-refractivity contribution in [2.45, 2.75) is 49.1 Å². The highest BCUT2D eigenvalue weighted by Gasteiger charge is 2.30. The van der Waals surface area contributed by atoms with Crippen LogP contribution in [0.3, 0.4) is 0 Å². The Balaban J connectivity index is 1.59. The molecule has 8 nitrogen and oxygen atoms in total. The van der Waals surface area contributed by atoms with Crippen molar-refractivity contribution in [2.75, 3.05) is 13.7 Å². The van der Waals surface area contributed by atoms with E-state index in [1.165, 1.54) is 30.0 Å². The first kappa shape index (κ1) is 34.2. The number of halogens is 4. The van der Waals surface area contributed by atoms with Gasteiger partial charge in [0.25, 0.3) is 5.91 Å². The summed E-state index contributed by atoms with van der Waals surface area (Å²) in [4.78, 5) is 28.1. The number of nitrogens with zero attached hydrogens (tertiary/aromatic N) is 2. The first-order valence-corrected chi connectivity index (χ1v) is 15.6. The number of nitrogens with one attached hydrogen (secondary N) is 1. The molecule has 0 aliphatic heterocycles. The molecule has 1 aromatic heterocycles. The van der Waals surface area contributed by atoms with Crippen molar-refractivity contribution < 1.29 is 28.2 Å². The third-order valence-corrected chi connectivity index (χ3v) is 9.00. The van der Waals surface area contributed by atoms with Crippen LogP contribution >= 0.6 is 35.0 Å². The van der Waals surface area contributed by atoms with Gasteiger partial charge in [0.05, 0.1) is 24.0 Å². The summed E-state index contributed by atoms with van der Waals surface area (Å²) < 4.78 is 36.5. The highest BCUT2D eigenvalue weighted by Crippen LogP contribution is 2.39. The number of carboxylic acids is 1. The number of ether oxygens (including phenoxy) is 1. The predicted octanol–water partition coefficient (Wildman–Crippen LogP) is 7.01. The Hall–Kier alpha value is -3.64. The number of amides is 1. The summed E-state index contributed by atoms with van der Waals surface area (Å²) in [6.45, 7) is 4.20. The molecule has 0 saturated heterocycles. The number of carbonyl (C=O) groups excluding carboxylic acids is 1. The van der Waals surface area contributed by atoms with Crippen molar-refractivity contribution >= 4 is 46.8 Å². The second-order valence-corrected chi connectivity index (χ2v) is 12.5. The number of methoxy groups -OCH3 is 1. The van der Waals surface area contributed by atoms with E-state index in [0.717, 1.165) is 17.3 Å². The van der Waals surface area contributed by atoms with Crippen LogP contribution in [-0.4, -0.2) is 46.2 Å². The van der Waals surface area contributed by atoms with Crippen molar-refractivity contribution in [2.24, 2.45) is 5.73 Å². The summed E-state index contributed by atoms with van der Waals surface area (Å²) in [5.41, 5.74) is 7.41. The molecule has 1 heterocycles. The summed E-state index contributed by atoms with van der Waals surface area (Å²) >= 11 is 14.0. The number of thioether (sulfide) groups is 1. The van der Waals surface area contributed by atoms with E-state index in [1.54, 1.807) is 31.5 Å². The Morgan fingerprint density at radius 3 is 2.47 bits per heavy atom. The zero-order chi connectivity index (χ0) is 32.9. The normalized spacial score (nSPS) is 12.2. The van der Waals surface area contributed by atoms with Gasteiger partial charge < -0.3 is 20.9 Å². The van der Waals surface area contributed by atoms with Crippen LogP contribution < -0.4 is 15.8 Å². The van der Waals surface area contributed by atoms with E-state index in [1.807, 2.05) is 30.5 Å². The van der Waals surface area contributed by atoms with E-state index in [9.17, 15) is 14.0 Å². The number of aromatic nitrogens is 2. The molecule has 3 aromatic carbocycles. The van der Waals surface area contributed by atoms with Gasteiger partial charge in [-0.15, -0.1) is 0 Å². The summed E-state index contributed by atoms with van der Waals surface area (Å²) in [5.74, 6) is -2.11. The fourth-order valence-electron chi connectivity index (χ4n) is 4.67. The maximum atomic E-state index is 15.3. The van der Waals surface area contributed by atoms with Gasteiger partial charge in [-0.25, -0.2) is 13.8 Å². The van der Waals surface area contributed by atoms with Gasteiger partial charge >= 0.3 is 5.97 Å². The molecule has 45 heavy (non-hydrogen) atoms. The van der Waals surface area contributed by atoms with Crippen molar-refractivity contribution in [3.63, 3.8) is 0 Å². The first-order valence-electron chi connectivity index (χ1n) is 13.9. The standard InChI is InChI=1S/C32H32Cl2F2N4O4S/c1-32(2,19-6-11-23(33)27(15-19)44-3)28-16-39-31(40(28)21-9-7-20(35)8-10-21)45-17-22-24(34)13-18(14-25(22)36)29(41)38-12-4-5-26(37)30(42)43/h6-11,13-16,26H,4-5,12,17,37H2,1-3H3,(H,38,41)(H,42,43)/t26-/m0/s1. The molecule has 1 atom stereocenters. The third kappa shape index (κ3) is 7.96. The fourth-order valence-corrected chi connectivity index (χ4v) is 6.25. The molecule has 0 spiro atoms. The molecular formula is C32H32Cl2F2N4O4S. The number of carboxylic acid groups (broad SMARTS) is 1. The molecule has 4 rings (SSSR count). The molecular weight excluding hydrogens is 645 g/mol. The molecule has 238 valence electrons. The quantitative estimate of drug-likeness (QED) is 0.103. The zero-order valence-corrected chi connectivity index (χ0v) is 27.1. The Bertz CT molecular complexity index is 1680. The minimum absolute atomic E-state index is 0.0315. The summed E-state index contributed by atoms with van der Waals surface area (Å²) in [6.07, 6.45) is 2.25. The molecule has 1 amide bonds. The van der Waals surface area contributed by atoms with Crippen LogP contribution in [0.2, 0.25) is 10.0 Å². The number of rotatable bonds is 13. The molecule has 0 unspecified atom stereocenters. The maximum Gasteiger partial charge on any atom is 0.320 e. The average molecular weight is 678 g/mol. The topological polar surface area (TPSA) is 119 Å². The SMILES string of the molecule is COc1cc(C(C)(C)c2cnc(SCc3c(F)cc(C(=O)NCCC[C@H](N)C(=O)O)cc3Cl)n2-c2ccc(F)cc2)ccc1Cl. The lowest BCUT2D eigenvalue weighted by Gasteiger charge is -2.28. The van der Waals surface area contributed by atoms with E-state index in [4.69, 9.17) is 38.8 Å². The Morgan fingerprint density at radius 1 is 1.11 bits per heavy atom. The van der Waals surface area contributed by atoms with Crippen molar-refractivity contribution in [1.29, 1.82) is 0 Å². The van der Waals surface area contributed by atoms with Crippen LogP contribution in [-0.2, 0) is 16.0 Å². The third-order valence-electron chi connectivity index (χ3n) is 7.37. The Labute approximate surface area is 273 Å². The van der Waals surface area contributed by atoms with Crippen LogP contribution in [0.25, 0.3) is 5.69 Å². The van der Waals surface area contributed by atoms with Gasteiger partial charge in [-0.3, -0.25) is 14.2 Å². The van der Waals surface area contributed by atoms with Gasteiger partial charge in [0.1, 0.15) is 23.4 Å². The molecule has 0 aliphatic carbocycles. The van der Waals surface area contributed by atoms with Gasteiger partial charge in [-0.2, -0.15) is 0 Å². The van der Waals surface area contributed by atoms with E-state index in [2.05, 4.69) is 10.3 Å². The lowest BCUT2D eigenvalue weighted by molar-refractivity contribution is -0.138. The van der Waals surface area contributed by atoms with Crippen LogP contribution in [0.1, 0.15) is 53.9 Å². The number of carbonyl (C=O) groups is 2. The number of hydrogen-bond donors (Lipinski definition) is 3. The van der Waals surface area contributed by atoms with E-state index in [0.29, 0.717) is 28.0 Å². The summed E-state index contributed by atoms with van der Waals surface area (Å²) in [7, 11) is 1.54. The number of imidazole rings is 1. The second-order valence-electron chi connectivity index (χ2n) is 10.8. The lowest BCUT2D eigenvalue weighted by Crippen LogP contribution is -2.32. The highest BCUT2D eigenvalue weighted by atomic mass is 35.5. The van der Waals surface area contributed by atoms with Crippen LogP contribution in [0.4, 0.5) is 8.78 Å². The Kier molecular flexibility index (Phi) is 11.1. The van der Waals surface area contributed by atoms with Crippen molar-refractivity contribution in [1.82, 2.24) is 14.9 Å². The van der Waals surface area contributed by atoms with E-state index >= 15 is 4.39 Å². The first-order chi connectivity index (χ1) is 21.3. The summed E-state index contributed by atoms with van der Waals surface area (Å²) in [6, 6.07) is 13.0. The molecule has 13 heteroatoms. The molecule has 0 radical (unpaired) electrons. The van der Waals surface area contributed by atoms with Crippen molar-refractivity contribution in [3.8, 4) is 11.4 Å². The molecule has 0 fully saturated rings. The van der Waals surface area contributed by atoms with Gasteiger partial charge in [0.2, 0.25) is 0 Å². The van der Waals surface area contributed by atoms with Gasteiger partial charge in [0, 0.05) is 39.5 Å². The van der Waals surface area contributed by atoms with Crippen LogP contribution in [0.5, 0.6) is 5.75 Å². The summed E-state index contributed by atoms with van der Waals surface area (Å²) in [5, 5.41) is 12.5. The molecule has 4 N–H and O–H groups in total. The maximum absolute atomic E-state index is 15.3. The number of nitrogens with two attached hydrogens (primary N) is 1. The number of aliphatic carboxylic acids is 1. The molecule has 0 aliphatic rings. The smallest absolute Gasteiger partial charge is 0.320 e. The fraction of sp³-hybridized carbons (Fsp3) is 0.281. The van der Waals surface area contributed by atoms with Gasteiger partial charge in [0.15, 0.2) is 5.16 Å². The lowest BCUT2D eigenvalue weighted by atomic mass is 9.81. The van der Waals surface area contributed by atoms with Crippen LogP contribution in [0, 0.1) is 11.6 Å². The minimum Gasteiger partial charge on any atom is -0.495 e. The molecule has 0 bridgehead atoms. The predicted molar refractivity (Wildman–Crippen MR) is 172 cm³/mol. The second kappa shape index (κ2) is 14.6. The van der Waals surface area contributed by atoms with Gasteiger partial charge in [-0.05, 0) is 66.9 Å². The Morgan fingerprint density at radius 2 is 1.82 bits per heavy atom. The highest BCUT2D eigenvalue weighted by molar-refractivity contribution is 7.98. The molecule has 4 aromatic rings. The molecule has 0 saturated carbocycles. The number of benzene rings is 3. The minimum atomic E-state index is -1.12. The van der Waals surface area contributed by atoms with E-state index in [-0.39, 0.29) is 34.9 Å². The van der Waals surface area contributed by atoms with Crippen LogP contribution in [0.15, 0.2) is 66.0 Å². The largest absolute Gasteiger partial charge is 0.495 e. The zero-order valence-electron chi connectivity index (χ0n) is 24.7. The monoisotopic (exact) mass is 676 g/mol.